The average Bonchev–Trinajstić information content (AvgIpc) is 2.53. The van der Waals surface area contributed by atoms with E-state index in [2.05, 4.69) is 34.2 Å². The van der Waals surface area contributed by atoms with Crippen LogP contribution in [0.3, 0.4) is 0 Å². The zero-order chi connectivity index (χ0) is 15.6. The molecular formula is C17H21N3OS. The number of amidine groups is 1. The second-order valence-electron chi connectivity index (χ2n) is 4.98. The van der Waals surface area contributed by atoms with E-state index < -0.39 is 0 Å². The number of rotatable bonds is 7. The molecule has 1 heterocycles. The Labute approximate surface area is 136 Å². The minimum atomic E-state index is 0.557. The lowest BCUT2D eigenvalue weighted by Gasteiger charge is -2.09. The largest absolute Gasteiger partial charge is 0.377 e. The van der Waals surface area contributed by atoms with E-state index in [-0.39, 0.29) is 0 Å². The van der Waals surface area contributed by atoms with E-state index >= 15 is 0 Å². The minimum absolute atomic E-state index is 0.557. The number of thioether (sulfide) groups is 1. The van der Waals surface area contributed by atoms with Gasteiger partial charge in [0, 0.05) is 17.9 Å². The molecule has 5 heteroatoms. The van der Waals surface area contributed by atoms with Crippen LogP contribution in [-0.2, 0) is 11.3 Å². The van der Waals surface area contributed by atoms with Crippen LogP contribution in [0.4, 0.5) is 0 Å². The van der Waals surface area contributed by atoms with E-state index in [1.165, 1.54) is 0 Å². The van der Waals surface area contributed by atoms with E-state index in [1.807, 2.05) is 19.1 Å². The van der Waals surface area contributed by atoms with E-state index in [9.17, 15) is 0 Å². The fourth-order valence-electron chi connectivity index (χ4n) is 2.06. The van der Waals surface area contributed by atoms with E-state index in [1.54, 1.807) is 11.8 Å². The molecule has 116 valence electrons. The first kappa shape index (κ1) is 16.6. The van der Waals surface area contributed by atoms with Gasteiger partial charge in [0.25, 0.3) is 0 Å². The van der Waals surface area contributed by atoms with Crippen LogP contribution in [0, 0.1) is 11.8 Å². The van der Waals surface area contributed by atoms with Crippen LogP contribution in [0.15, 0.2) is 34.5 Å². The van der Waals surface area contributed by atoms with Crippen molar-refractivity contribution >= 4 is 22.6 Å². The standard InChI is InChI=1S/C17H21N3OS/c1-2-6-14-7-5-8-15(11-14)12-21-10-4-3-9-16-13-22-17(18)20-19-16/h5,7-8,11H,3-4,9-10,12-13H2,1H3,(H2,18,20). The number of benzene rings is 1. The Balaban J connectivity index is 1.61. The van der Waals surface area contributed by atoms with Crippen molar-refractivity contribution in [3.63, 3.8) is 0 Å². The fraction of sp³-hybridized carbons (Fsp3) is 0.412. The van der Waals surface area contributed by atoms with Crippen molar-refractivity contribution in [2.45, 2.75) is 32.8 Å². The minimum Gasteiger partial charge on any atom is -0.377 e. The van der Waals surface area contributed by atoms with Gasteiger partial charge in [0.2, 0.25) is 0 Å². The molecule has 1 aromatic rings. The second-order valence-corrected chi connectivity index (χ2v) is 5.97. The Bertz CT molecular complexity index is 614. The lowest BCUT2D eigenvalue weighted by Crippen LogP contribution is -2.15. The number of nitrogens with zero attached hydrogens (tertiary/aromatic N) is 2. The molecule has 22 heavy (non-hydrogen) atoms. The normalized spacial score (nSPS) is 13.9. The predicted octanol–water partition coefficient (Wildman–Crippen LogP) is 3.16. The molecule has 0 bridgehead atoms. The zero-order valence-electron chi connectivity index (χ0n) is 12.8. The third-order valence-corrected chi connectivity index (χ3v) is 4.00. The van der Waals surface area contributed by atoms with E-state index in [0.717, 1.165) is 48.5 Å². The third kappa shape index (κ3) is 5.92. The van der Waals surface area contributed by atoms with Gasteiger partial charge in [-0.15, -0.1) is 11.0 Å². The number of nitrogens with two attached hydrogens (primary N) is 1. The molecular weight excluding hydrogens is 294 g/mol. The molecule has 0 atom stereocenters. The Morgan fingerprint density at radius 1 is 1.32 bits per heavy atom. The van der Waals surface area contributed by atoms with Gasteiger partial charge in [0.05, 0.1) is 12.3 Å². The van der Waals surface area contributed by atoms with Gasteiger partial charge in [0.15, 0.2) is 5.17 Å². The molecule has 0 fully saturated rings. The Hall–Kier alpha value is -1.77. The number of unbranched alkanes of at least 4 members (excludes halogenated alkanes) is 1. The highest BCUT2D eigenvalue weighted by molar-refractivity contribution is 8.14. The lowest BCUT2D eigenvalue weighted by atomic mass is 10.1. The monoisotopic (exact) mass is 315 g/mol. The summed E-state index contributed by atoms with van der Waals surface area (Å²) < 4.78 is 5.72. The summed E-state index contributed by atoms with van der Waals surface area (Å²) in [5, 5.41) is 8.56. The van der Waals surface area contributed by atoms with Gasteiger partial charge >= 0.3 is 0 Å². The predicted molar refractivity (Wildman–Crippen MR) is 94.0 cm³/mol. The summed E-state index contributed by atoms with van der Waals surface area (Å²) in [4.78, 5) is 0. The van der Waals surface area contributed by atoms with Crippen molar-refractivity contribution in [3.8, 4) is 11.8 Å². The van der Waals surface area contributed by atoms with E-state index in [4.69, 9.17) is 10.5 Å². The fourth-order valence-corrected chi connectivity index (χ4v) is 2.68. The molecule has 0 radical (unpaired) electrons. The van der Waals surface area contributed by atoms with Gasteiger partial charge in [-0.2, -0.15) is 5.10 Å². The maximum absolute atomic E-state index is 5.72. The summed E-state index contributed by atoms with van der Waals surface area (Å²) in [7, 11) is 0. The molecule has 0 saturated carbocycles. The maximum Gasteiger partial charge on any atom is 0.180 e. The van der Waals surface area contributed by atoms with Crippen LogP contribution < -0.4 is 5.73 Å². The highest BCUT2D eigenvalue weighted by Gasteiger charge is 2.07. The maximum atomic E-state index is 5.72. The van der Waals surface area contributed by atoms with Gasteiger partial charge in [-0.1, -0.05) is 29.8 Å². The summed E-state index contributed by atoms with van der Waals surface area (Å²) >= 11 is 1.55. The van der Waals surface area contributed by atoms with Gasteiger partial charge in [-0.05, 0) is 43.9 Å². The van der Waals surface area contributed by atoms with Crippen LogP contribution in [0.25, 0.3) is 0 Å². The van der Waals surface area contributed by atoms with Gasteiger partial charge < -0.3 is 10.5 Å². The molecule has 0 spiro atoms. The average molecular weight is 315 g/mol. The SMILES string of the molecule is CC#Cc1cccc(COCCCCC2=NN=C(N)SC2)c1. The van der Waals surface area contributed by atoms with Crippen molar-refractivity contribution in [3.05, 3.63) is 35.4 Å². The van der Waals surface area contributed by atoms with Crippen molar-refractivity contribution in [1.82, 2.24) is 0 Å². The van der Waals surface area contributed by atoms with E-state index in [0.29, 0.717) is 11.8 Å². The Morgan fingerprint density at radius 3 is 3.00 bits per heavy atom. The van der Waals surface area contributed by atoms with Crippen LogP contribution in [-0.4, -0.2) is 23.2 Å². The molecule has 1 aliphatic heterocycles. The second kappa shape index (κ2) is 9.29. The van der Waals surface area contributed by atoms with Crippen molar-refractivity contribution in [1.29, 1.82) is 0 Å². The van der Waals surface area contributed by atoms with Crippen LogP contribution in [0.5, 0.6) is 0 Å². The summed E-state index contributed by atoms with van der Waals surface area (Å²) in [6.07, 6.45) is 3.06. The molecule has 2 rings (SSSR count). The van der Waals surface area contributed by atoms with Crippen molar-refractivity contribution in [2.24, 2.45) is 15.9 Å². The summed E-state index contributed by atoms with van der Waals surface area (Å²) in [5.74, 6) is 6.83. The number of hydrogen-bond donors (Lipinski definition) is 1. The van der Waals surface area contributed by atoms with Crippen LogP contribution in [0.2, 0.25) is 0 Å². The molecule has 0 saturated heterocycles. The molecule has 0 aromatic heterocycles. The molecule has 2 N–H and O–H groups in total. The molecule has 0 unspecified atom stereocenters. The summed E-state index contributed by atoms with van der Waals surface area (Å²) in [5.41, 5.74) is 8.87. The number of ether oxygens (including phenoxy) is 1. The van der Waals surface area contributed by atoms with Gasteiger partial charge in [0.1, 0.15) is 0 Å². The van der Waals surface area contributed by atoms with Gasteiger partial charge in [-0.25, -0.2) is 0 Å². The number of hydrogen-bond acceptors (Lipinski definition) is 5. The molecule has 0 aliphatic carbocycles. The van der Waals surface area contributed by atoms with Gasteiger partial charge in [-0.3, -0.25) is 0 Å². The Morgan fingerprint density at radius 2 is 2.23 bits per heavy atom. The van der Waals surface area contributed by atoms with Crippen molar-refractivity contribution in [2.75, 3.05) is 12.4 Å². The topological polar surface area (TPSA) is 60.0 Å². The molecule has 1 aromatic carbocycles. The Kier molecular flexibility index (Phi) is 7.01. The quantitative estimate of drug-likeness (QED) is 0.621. The smallest absolute Gasteiger partial charge is 0.180 e. The first-order chi connectivity index (χ1) is 10.8. The molecule has 0 amide bonds. The molecule has 1 aliphatic rings. The van der Waals surface area contributed by atoms with Crippen molar-refractivity contribution < 1.29 is 4.74 Å². The lowest BCUT2D eigenvalue weighted by molar-refractivity contribution is 0.117. The van der Waals surface area contributed by atoms with Crippen LogP contribution >= 0.6 is 11.8 Å². The highest BCUT2D eigenvalue weighted by Crippen LogP contribution is 2.12. The highest BCUT2D eigenvalue weighted by atomic mass is 32.2. The summed E-state index contributed by atoms with van der Waals surface area (Å²) in [6, 6.07) is 8.17. The van der Waals surface area contributed by atoms with Crippen LogP contribution in [0.1, 0.15) is 37.3 Å². The first-order valence-corrected chi connectivity index (χ1v) is 8.37. The first-order valence-electron chi connectivity index (χ1n) is 7.39. The molecule has 4 nitrogen and oxygen atoms in total. The zero-order valence-corrected chi connectivity index (χ0v) is 13.7. The third-order valence-electron chi connectivity index (χ3n) is 3.15. The summed E-state index contributed by atoms with van der Waals surface area (Å²) in [6.45, 7) is 3.24.